The second kappa shape index (κ2) is 13.1. The number of nitrogens with zero attached hydrogens (tertiary/aromatic N) is 3. The van der Waals surface area contributed by atoms with Gasteiger partial charge in [0.25, 0.3) is 11.8 Å². The number of thiazole rings is 1. The lowest BCUT2D eigenvalue weighted by molar-refractivity contribution is -0.119. The van der Waals surface area contributed by atoms with Gasteiger partial charge in [-0.3, -0.25) is 14.4 Å². The summed E-state index contributed by atoms with van der Waals surface area (Å²) in [7, 11) is 0. The van der Waals surface area contributed by atoms with Crippen molar-refractivity contribution < 1.29 is 19.5 Å². The van der Waals surface area contributed by atoms with E-state index in [-0.39, 0.29) is 47.7 Å². The maximum Gasteiger partial charge on any atom is 0.280 e. The summed E-state index contributed by atoms with van der Waals surface area (Å²) in [5.74, 6) is 0.0162. The maximum absolute atomic E-state index is 13.7. The van der Waals surface area contributed by atoms with Crippen LogP contribution in [0.25, 0.3) is 10.3 Å². The lowest BCUT2D eigenvalue weighted by Crippen LogP contribution is -2.38. The van der Waals surface area contributed by atoms with E-state index in [0.717, 1.165) is 73.3 Å². The van der Waals surface area contributed by atoms with Crippen LogP contribution in [0.3, 0.4) is 0 Å². The number of nitrogens with one attached hydrogen (secondary N) is 3. The molecule has 2 fully saturated rings. The number of rotatable bonds is 8. The molecule has 3 aromatic rings. The van der Waals surface area contributed by atoms with Gasteiger partial charge in [-0.15, -0.1) is 0 Å². The molecule has 2 unspecified atom stereocenters. The van der Waals surface area contributed by atoms with Crippen molar-refractivity contribution in [3.8, 4) is 0 Å². The molecule has 11 heteroatoms. The third-order valence-electron chi connectivity index (χ3n) is 9.63. The van der Waals surface area contributed by atoms with Gasteiger partial charge >= 0.3 is 0 Å². The van der Waals surface area contributed by atoms with E-state index in [1.165, 1.54) is 16.9 Å². The first-order chi connectivity index (χ1) is 21.5. The minimum atomic E-state index is -0.354. The number of aliphatic hydroxyl groups excluding tert-OH is 1. The second-order valence-corrected chi connectivity index (χ2v) is 14.9. The molecule has 4 heterocycles. The first kappa shape index (κ1) is 31.6. The van der Waals surface area contributed by atoms with E-state index in [1.807, 2.05) is 18.2 Å². The Kier molecular flexibility index (Phi) is 9.22. The van der Waals surface area contributed by atoms with Gasteiger partial charge in [-0.25, -0.2) is 9.97 Å². The van der Waals surface area contributed by atoms with Gasteiger partial charge in [0.2, 0.25) is 5.91 Å². The topological polar surface area (TPSA) is 137 Å². The highest BCUT2D eigenvalue weighted by molar-refractivity contribution is 7.19. The molecule has 2 saturated heterocycles. The standard InChI is InChI=1S/C34H44N6O4S/c1-34(2,3)23-7-8-26-22(16-23)17-28-32(38-26)45-33(39-28)31(44)37-27(11-14-40-12-9-25(41)10-13-40)20-5-4-6-21(15-20)30(43)36-24-18-29(42)35-19-24/h4-6,15,17,23-25,27,41H,7-14,16,18-19H2,1-3H3,(H,35,42)(H,36,43)(H,37,44)/t23-,24?,27?/m0/s1. The molecule has 0 spiro atoms. The molecule has 3 aliphatic rings. The lowest BCUT2D eigenvalue weighted by Gasteiger charge is -2.34. The van der Waals surface area contributed by atoms with Crippen LogP contribution in [0.4, 0.5) is 0 Å². The van der Waals surface area contributed by atoms with Gasteiger partial charge in [0.1, 0.15) is 10.3 Å². The van der Waals surface area contributed by atoms with Crippen molar-refractivity contribution in [1.82, 2.24) is 30.8 Å². The zero-order chi connectivity index (χ0) is 31.7. The normalized spacial score (nSPS) is 21.7. The van der Waals surface area contributed by atoms with Crippen molar-refractivity contribution >= 4 is 39.4 Å². The molecule has 3 atom stereocenters. The molecule has 3 amide bonds. The van der Waals surface area contributed by atoms with Gasteiger partial charge in [-0.2, -0.15) is 0 Å². The first-order valence-corrected chi connectivity index (χ1v) is 17.0. The Morgan fingerprint density at radius 2 is 1.91 bits per heavy atom. The monoisotopic (exact) mass is 632 g/mol. The molecule has 4 N–H and O–H groups in total. The fourth-order valence-corrected chi connectivity index (χ4v) is 7.56. The molecular weight excluding hydrogens is 588 g/mol. The fourth-order valence-electron chi connectivity index (χ4n) is 6.72. The highest BCUT2D eigenvalue weighted by Gasteiger charge is 2.30. The van der Waals surface area contributed by atoms with Crippen molar-refractivity contribution in [3.63, 3.8) is 0 Å². The summed E-state index contributed by atoms with van der Waals surface area (Å²) in [6.07, 6.45) is 5.18. The van der Waals surface area contributed by atoms with Gasteiger partial charge in [0, 0.05) is 43.9 Å². The van der Waals surface area contributed by atoms with E-state index in [4.69, 9.17) is 9.97 Å². The van der Waals surface area contributed by atoms with Crippen LogP contribution >= 0.6 is 11.3 Å². The summed E-state index contributed by atoms with van der Waals surface area (Å²) < 4.78 is 0. The van der Waals surface area contributed by atoms with Crippen LogP contribution in [0, 0.1) is 11.3 Å². The van der Waals surface area contributed by atoms with Crippen LogP contribution < -0.4 is 16.0 Å². The predicted molar refractivity (Wildman–Crippen MR) is 174 cm³/mol. The molecule has 2 aliphatic heterocycles. The predicted octanol–water partition coefficient (Wildman–Crippen LogP) is 3.78. The third kappa shape index (κ3) is 7.53. The quantitative estimate of drug-likeness (QED) is 0.297. The van der Waals surface area contributed by atoms with E-state index >= 15 is 0 Å². The Morgan fingerprint density at radius 1 is 1.11 bits per heavy atom. The van der Waals surface area contributed by atoms with Gasteiger partial charge < -0.3 is 26.0 Å². The number of benzene rings is 1. The Bertz CT molecular complexity index is 1570. The molecule has 10 nitrogen and oxygen atoms in total. The van der Waals surface area contributed by atoms with Crippen LogP contribution in [0.1, 0.15) is 95.9 Å². The first-order valence-electron chi connectivity index (χ1n) is 16.2. The molecule has 45 heavy (non-hydrogen) atoms. The van der Waals surface area contributed by atoms with E-state index in [2.05, 4.69) is 47.7 Å². The molecule has 240 valence electrons. The van der Waals surface area contributed by atoms with Crippen molar-refractivity contribution in [1.29, 1.82) is 0 Å². The Balaban J connectivity index is 1.20. The second-order valence-electron chi connectivity index (χ2n) is 13.9. The van der Waals surface area contributed by atoms with Crippen LogP contribution in [0.15, 0.2) is 30.3 Å². The number of pyridine rings is 1. The van der Waals surface area contributed by atoms with Crippen LogP contribution in [-0.2, 0) is 17.6 Å². The van der Waals surface area contributed by atoms with Gasteiger partial charge in [0.15, 0.2) is 5.01 Å². The van der Waals surface area contributed by atoms with E-state index in [0.29, 0.717) is 29.5 Å². The Hall–Kier alpha value is -3.41. The van der Waals surface area contributed by atoms with Crippen LogP contribution in [0.2, 0.25) is 0 Å². The van der Waals surface area contributed by atoms with Crippen LogP contribution in [-0.4, -0.2) is 76.0 Å². The molecule has 0 radical (unpaired) electrons. The van der Waals surface area contributed by atoms with Crippen molar-refractivity contribution in [2.75, 3.05) is 26.2 Å². The van der Waals surface area contributed by atoms with Gasteiger partial charge in [-0.05, 0) is 79.2 Å². The molecular formula is C34H44N6O4S. The molecule has 0 saturated carbocycles. The molecule has 1 aliphatic carbocycles. The van der Waals surface area contributed by atoms with E-state index < -0.39 is 0 Å². The largest absolute Gasteiger partial charge is 0.393 e. The molecule has 6 rings (SSSR count). The minimum absolute atomic E-state index is 0.0682. The summed E-state index contributed by atoms with van der Waals surface area (Å²) in [5, 5.41) is 19.2. The summed E-state index contributed by atoms with van der Waals surface area (Å²) in [6.45, 7) is 9.66. The average Bonchev–Trinajstić information content (AvgIpc) is 3.63. The number of aryl methyl sites for hydroxylation is 1. The average molecular weight is 633 g/mol. The molecule has 2 aromatic heterocycles. The van der Waals surface area contributed by atoms with Crippen molar-refractivity contribution in [2.24, 2.45) is 11.3 Å². The Labute approximate surface area is 268 Å². The third-order valence-corrected chi connectivity index (χ3v) is 10.6. The summed E-state index contributed by atoms with van der Waals surface area (Å²) in [4.78, 5) is 51.1. The zero-order valence-electron chi connectivity index (χ0n) is 26.4. The van der Waals surface area contributed by atoms with E-state index in [1.54, 1.807) is 6.07 Å². The van der Waals surface area contributed by atoms with Crippen molar-refractivity contribution in [3.05, 3.63) is 57.7 Å². The lowest BCUT2D eigenvalue weighted by atomic mass is 9.71. The summed E-state index contributed by atoms with van der Waals surface area (Å²) >= 11 is 1.32. The number of piperidine rings is 1. The highest BCUT2D eigenvalue weighted by Crippen LogP contribution is 2.38. The van der Waals surface area contributed by atoms with E-state index in [9.17, 15) is 19.5 Å². The number of fused-ring (bicyclic) bond motifs is 2. The van der Waals surface area contributed by atoms with Gasteiger partial charge in [0.05, 0.1) is 18.2 Å². The number of hydrogen-bond acceptors (Lipinski definition) is 8. The molecule has 1 aromatic carbocycles. The Morgan fingerprint density at radius 3 is 2.64 bits per heavy atom. The zero-order valence-corrected chi connectivity index (χ0v) is 27.2. The van der Waals surface area contributed by atoms with Crippen molar-refractivity contribution in [2.45, 2.75) is 83.9 Å². The maximum atomic E-state index is 13.7. The molecule has 0 bridgehead atoms. The summed E-state index contributed by atoms with van der Waals surface area (Å²) in [5.41, 5.74) is 4.67. The number of amides is 3. The number of aliphatic hydroxyl groups is 1. The smallest absolute Gasteiger partial charge is 0.280 e. The SMILES string of the molecule is CC(C)(C)[C@H]1CCc2nc3sc(C(=O)NC(CCN4CCC(O)CC4)c4cccc(C(=O)NC5CNC(=O)C5)c4)nc3cc2C1. The number of hydrogen-bond donors (Lipinski definition) is 4. The number of likely N-dealkylation sites (tertiary alicyclic amines) is 1. The number of carbonyl (C=O) groups excluding carboxylic acids is 3. The summed E-state index contributed by atoms with van der Waals surface area (Å²) in [6, 6.07) is 8.87. The van der Waals surface area contributed by atoms with Crippen LogP contribution in [0.5, 0.6) is 0 Å². The fraction of sp³-hybridized carbons (Fsp3) is 0.559. The highest BCUT2D eigenvalue weighted by atomic mass is 32.1. The number of carbonyl (C=O) groups is 3. The van der Waals surface area contributed by atoms with Gasteiger partial charge in [-0.1, -0.05) is 44.2 Å². The minimum Gasteiger partial charge on any atom is -0.393 e. The number of aromatic nitrogens is 2.